The Morgan fingerprint density at radius 3 is 2.75 bits per heavy atom. The molecule has 1 amide bonds. The van der Waals surface area contributed by atoms with Crippen LogP contribution in [0.25, 0.3) is 0 Å². The van der Waals surface area contributed by atoms with Gasteiger partial charge in [-0.25, -0.2) is 0 Å². The fourth-order valence-electron chi connectivity index (χ4n) is 0.959. The fraction of sp³-hybridized carbons (Fsp3) is 0.625. The largest absolute Gasteiger partial charge is 0.396 e. The summed E-state index contributed by atoms with van der Waals surface area (Å²) in [7, 11) is 0. The van der Waals surface area contributed by atoms with E-state index < -0.39 is 5.91 Å². The monoisotopic (exact) mass is 169 g/mol. The Kier molecular flexibility index (Phi) is 2.69. The van der Waals surface area contributed by atoms with Crippen molar-refractivity contribution in [3.05, 3.63) is 0 Å². The quantitative estimate of drug-likeness (QED) is 0.519. The van der Waals surface area contributed by atoms with Gasteiger partial charge in [0.05, 0.1) is 25.2 Å². The highest BCUT2D eigenvalue weighted by Gasteiger charge is 2.38. The first kappa shape index (κ1) is 9.04. The Hall–Kier alpha value is -1.05. The lowest BCUT2D eigenvalue weighted by Gasteiger charge is -2.39. The smallest absolute Gasteiger partial charge is 0.295 e. The van der Waals surface area contributed by atoms with Crippen molar-refractivity contribution in [1.82, 2.24) is 5.32 Å². The molecule has 4 heteroatoms. The molecule has 1 aliphatic heterocycles. The van der Waals surface area contributed by atoms with E-state index >= 15 is 0 Å². The molecule has 2 N–H and O–H groups in total. The number of hydrogen-bond acceptors (Lipinski definition) is 3. The first-order valence-corrected chi connectivity index (χ1v) is 3.65. The van der Waals surface area contributed by atoms with Crippen LogP contribution >= 0.6 is 0 Å². The topological polar surface area (TPSA) is 58.6 Å². The molecule has 1 saturated heterocycles. The van der Waals surface area contributed by atoms with Crippen molar-refractivity contribution < 1.29 is 14.6 Å². The molecule has 0 saturated carbocycles. The van der Waals surface area contributed by atoms with Crippen molar-refractivity contribution in [2.24, 2.45) is 5.41 Å². The number of carbonyl (C=O) groups is 1. The summed E-state index contributed by atoms with van der Waals surface area (Å²) in [5.74, 6) is 1.49. The third-order valence-corrected chi connectivity index (χ3v) is 1.91. The number of ether oxygens (including phenoxy) is 1. The Morgan fingerprint density at radius 2 is 2.42 bits per heavy atom. The first-order valence-electron chi connectivity index (χ1n) is 3.65. The van der Waals surface area contributed by atoms with Crippen molar-refractivity contribution in [2.45, 2.75) is 0 Å². The standard InChI is InChI=1S/C8H11NO3/c1-2-7(11)9-3-8(4-10)5-12-6-8/h1,10H,3-6H2,(H,9,11). The number of aliphatic hydroxyl groups excluding tert-OH is 1. The van der Waals surface area contributed by atoms with Gasteiger partial charge in [-0.05, 0) is 5.92 Å². The van der Waals surface area contributed by atoms with Crippen LogP contribution in [0, 0.1) is 17.8 Å². The van der Waals surface area contributed by atoms with E-state index in [0.717, 1.165) is 0 Å². The molecule has 0 spiro atoms. The molecule has 1 fully saturated rings. The SMILES string of the molecule is C#CC(=O)NCC1(CO)COC1. The molecule has 0 atom stereocenters. The average Bonchev–Trinajstić information content (AvgIpc) is 2.03. The van der Waals surface area contributed by atoms with E-state index in [2.05, 4.69) is 5.32 Å². The summed E-state index contributed by atoms with van der Waals surface area (Å²) in [5, 5.41) is 11.5. The summed E-state index contributed by atoms with van der Waals surface area (Å²) in [4.78, 5) is 10.6. The molecule has 1 aliphatic rings. The minimum absolute atomic E-state index is 0.0118. The Labute approximate surface area is 70.9 Å². The minimum Gasteiger partial charge on any atom is -0.396 e. The van der Waals surface area contributed by atoms with Crippen LogP contribution in [0.4, 0.5) is 0 Å². The van der Waals surface area contributed by atoms with Crippen LogP contribution in [0.15, 0.2) is 0 Å². The van der Waals surface area contributed by atoms with Crippen molar-refractivity contribution in [3.8, 4) is 12.3 Å². The van der Waals surface area contributed by atoms with Gasteiger partial charge in [-0.1, -0.05) is 0 Å². The second-order valence-electron chi connectivity index (χ2n) is 2.98. The Bertz CT molecular complexity index is 209. The Morgan fingerprint density at radius 1 is 1.75 bits per heavy atom. The molecule has 1 heterocycles. The molecule has 0 aromatic heterocycles. The van der Waals surface area contributed by atoms with E-state index in [1.165, 1.54) is 0 Å². The maximum absolute atomic E-state index is 10.6. The van der Waals surface area contributed by atoms with Crippen LogP contribution in [0.2, 0.25) is 0 Å². The molecule has 0 bridgehead atoms. The van der Waals surface area contributed by atoms with Crippen LogP contribution in [-0.2, 0) is 9.53 Å². The minimum atomic E-state index is -0.449. The maximum atomic E-state index is 10.6. The summed E-state index contributed by atoms with van der Waals surface area (Å²) < 4.78 is 4.93. The van der Waals surface area contributed by atoms with Crippen LogP contribution < -0.4 is 5.32 Å². The van der Waals surface area contributed by atoms with Crippen LogP contribution in [0.5, 0.6) is 0 Å². The van der Waals surface area contributed by atoms with Gasteiger partial charge in [-0.15, -0.1) is 6.42 Å². The zero-order valence-electron chi connectivity index (χ0n) is 6.67. The number of hydrogen-bond donors (Lipinski definition) is 2. The van der Waals surface area contributed by atoms with Gasteiger partial charge in [-0.2, -0.15) is 0 Å². The maximum Gasteiger partial charge on any atom is 0.295 e. The van der Waals surface area contributed by atoms with Crippen molar-refractivity contribution in [1.29, 1.82) is 0 Å². The summed E-state index contributed by atoms with van der Waals surface area (Å²) in [6.45, 7) is 1.35. The van der Waals surface area contributed by atoms with Gasteiger partial charge in [0.1, 0.15) is 0 Å². The second kappa shape index (κ2) is 3.57. The summed E-state index contributed by atoms with van der Waals surface area (Å²) in [6, 6.07) is 0. The molecule has 0 aliphatic carbocycles. The summed E-state index contributed by atoms with van der Waals surface area (Å²) in [6.07, 6.45) is 4.85. The van der Waals surface area contributed by atoms with Gasteiger partial charge < -0.3 is 15.2 Å². The summed E-state index contributed by atoms with van der Waals surface area (Å²) in [5.41, 5.74) is -0.299. The normalized spacial score (nSPS) is 19.0. The number of terminal acetylenes is 1. The predicted octanol–water partition coefficient (Wildman–Crippen LogP) is -1.26. The first-order chi connectivity index (χ1) is 5.72. The molecule has 66 valence electrons. The van der Waals surface area contributed by atoms with Crippen molar-refractivity contribution in [2.75, 3.05) is 26.4 Å². The van der Waals surface area contributed by atoms with E-state index in [9.17, 15) is 4.79 Å². The Balaban J connectivity index is 2.30. The van der Waals surface area contributed by atoms with Gasteiger partial charge in [0.2, 0.25) is 0 Å². The molecule has 4 nitrogen and oxygen atoms in total. The van der Waals surface area contributed by atoms with Gasteiger partial charge in [0.25, 0.3) is 5.91 Å². The fourth-order valence-corrected chi connectivity index (χ4v) is 0.959. The van der Waals surface area contributed by atoms with Crippen molar-refractivity contribution >= 4 is 5.91 Å². The van der Waals surface area contributed by atoms with Gasteiger partial charge >= 0.3 is 0 Å². The van der Waals surface area contributed by atoms with E-state index in [1.54, 1.807) is 0 Å². The molecule has 0 unspecified atom stereocenters. The van der Waals surface area contributed by atoms with Crippen LogP contribution in [0.3, 0.4) is 0 Å². The second-order valence-corrected chi connectivity index (χ2v) is 2.98. The highest BCUT2D eigenvalue weighted by atomic mass is 16.5. The van der Waals surface area contributed by atoms with Crippen molar-refractivity contribution in [3.63, 3.8) is 0 Å². The molecule has 0 aromatic rings. The molecular formula is C8H11NO3. The summed E-state index contributed by atoms with van der Waals surface area (Å²) >= 11 is 0. The zero-order chi connectivity index (χ0) is 9.03. The van der Waals surface area contributed by atoms with E-state index in [-0.39, 0.29) is 12.0 Å². The molecule has 1 rings (SSSR count). The third-order valence-electron chi connectivity index (χ3n) is 1.91. The van der Waals surface area contributed by atoms with Crippen LogP contribution in [-0.4, -0.2) is 37.4 Å². The number of nitrogens with one attached hydrogen (secondary N) is 1. The lowest BCUT2D eigenvalue weighted by molar-refractivity contribution is -0.138. The lowest BCUT2D eigenvalue weighted by atomic mass is 9.87. The number of rotatable bonds is 3. The molecule has 0 aromatic carbocycles. The van der Waals surface area contributed by atoms with Crippen LogP contribution in [0.1, 0.15) is 0 Å². The van der Waals surface area contributed by atoms with E-state index in [1.807, 2.05) is 5.92 Å². The van der Waals surface area contributed by atoms with Gasteiger partial charge in [-0.3, -0.25) is 4.79 Å². The number of aliphatic hydroxyl groups is 1. The highest BCUT2D eigenvalue weighted by molar-refractivity contribution is 5.92. The molecule has 12 heavy (non-hydrogen) atoms. The zero-order valence-corrected chi connectivity index (χ0v) is 6.67. The third kappa shape index (κ3) is 1.76. The predicted molar refractivity (Wildman–Crippen MR) is 42.2 cm³/mol. The lowest BCUT2D eigenvalue weighted by Crippen LogP contribution is -2.53. The number of amides is 1. The van der Waals surface area contributed by atoms with E-state index in [4.69, 9.17) is 16.3 Å². The van der Waals surface area contributed by atoms with E-state index in [0.29, 0.717) is 19.8 Å². The highest BCUT2D eigenvalue weighted by Crippen LogP contribution is 2.25. The number of carbonyl (C=O) groups excluding carboxylic acids is 1. The van der Waals surface area contributed by atoms with Gasteiger partial charge in [0, 0.05) is 6.54 Å². The molecule has 0 radical (unpaired) electrons. The van der Waals surface area contributed by atoms with Gasteiger partial charge in [0.15, 0.2) is 0 Å². The molecular weight excluding hydrogens is 158 g/mol. The average molecular weight is 169 g/mol.